The lowest BCUT2D eigenvalue weighted by molar-refractivity contribution is -0.114. The van der Waals surface area contributed by atoms with Gasteiger partial charge in [0.25, 0.3) is 0 Å². The number of benzene rings is 1. The maximum atomic E-state index is 11.1. The molecule has 2 aromatic rings. The Morgan fingerprint density at radius 1 is 1.15 bits per heavy atom. The van der Waals surface area contributed by atoms with Gasteiger partial charge in [-0.05, 0) is 43.7 Å². The second kappa shape index (κ2) is 6.39. The van der Waals surface area contributed by atoms with Gasteiger partial charge in [0.05, 0.1) is 12.3 Å². The highest BCUT2D eigenvalue weighted by Gasteiger charge is 2.13. The van der Waals surface area contributed by atoms with E-state index in [1.807, 2.05) is 36.4 Å². The molecule has 1 unspecified atom stereocenters. The Hall–Kier alpha value is -2.07. The molecule has 0 saturated carbocycles. The van der Waals surface area contributed by atoms with Crippen molar-refractivity contribution in [2.45, 2.75) is 32.9 Å². The number of carbonyl (C=O) groups excluding carboxylic acids is 1. The summed E-state index contributed by atoms with van der Waals surface area (Å²) in [5.74, 6) is 0.849. The molecule has 2 rings (SSSR count). The summed E-state index contributed by atoms with van der Waals surface area (Å²) < 4.78 is 5.39. The molecule has 4 nitrogen and oxygen atoms in total. The number of furan rings is 1. The molecule has 0 bridgehead atoms. The maximum Gasteiger partial charge on any atom is 0.221 e. The van der Waals surface area contributed by atoms with E-state index in [4.69, 9.17) is 4.42 Å². The van der Waals surface area contributed by atoms with Crippen LogP contribution in [0.3, 0.4) is 0 Å². The largest absolute Gasteiger partial charge is 0.468 e. The van der Waals surface area contributed by atoms with Crippen LogP contribution in [0.2, 0.25) is 0 Å². The molecule has 4 heteroatoms. The molecule has 2 N–H and O–H groups in total. The molecule has 1 amide bonds. The van der Waals surface area contributed by atoms with Crippen LogP contribution in [0.25, 0.3) is 0 Å². The van der Waals surface area contributed by atoms with Crippen LogP contribution in [0.15, 0.2) is 47.1 Å². The standard InChI is InChI=1S/C16H20N2O2/c1-11(17-12(2)16-8-5-9-20-16)14-6-4-7-15(10-14)18-13(3)19/h4-12,17H,1-3H3,(H,18,19)/t11?,12-/m1/s1. The molecule has 2 atom stereocenters. The van der Waals surface area contributed by atoms with E-state index in [1.165, 1.54) is 6.92 Å². The molecule has 1 heterocycles. The van der Waals surface area contributed by atoms with Crippen LogP contribution in [0.4, 0.5) is 5.69 Å². The third-order valence-electron chi connectivity index (χ3n) is 3.18. The van der Waals surface area contributed by atoms with Crippen molar-refractivity contribution in [3.05, 3.63) is 54.0 Å². The first-order chi connectivity index (χ1) is 9.56. The lowest BCUT2D eigenvalue weighted by Gasteiger charge is -2.19. The Balaban J connectivity index is 2.05. The molecular formula is C16H20N2O2. The van der Waals surface area contributed by atoms with Crippen LogP contribution >= 0.6 is 0 Å². The van der Waals surface area contributed by atoms with E-state index in [2.05, 4.69) is 24.5 Å². The van der Waals surface area contributed by atoms with Gasteiger partial charge >= 0.3 is 0 Å². The number of anilines is 1. The van der Waals surface area contributed by atoms with Crippen LogP contribution in [0.5, 0.6) is 0 Å². The van der Waals surface area contributed by atoms with Crippen molar-refractivity contribution in [1.82, 2.24) is 5.32 Å². The minimum Gasteiger partial charge on any atom is -0.468 e. The highest BCUT2D eigenvalue weighted by atomic mass is 16.3. The zero-order valence-corrected chi connectivity index (χ0v) is 12.0. The van der Waals surface area contributed by atoms with Crippen molar-refractivity contribution in [2.24, 2.45) is 0 Å². The van der Waals surface area contributed by atoms with E-state index < -0.39 is 0 Å². The maximum absolute atomic E-state index is 11.1. The first kappa shape index (κ1) is 14.3. The van der Waals surface area contributed by atoms with Crippen LogP contribution in [-0.2, 0) is 4.79 Å². The predicted octanol–water partition coefficient (Wildman–Crippen LogP) is 3.65. The zero-order chi connectivity index (χ0) is 14.5. The molecule has 0 aliphatic rings. The summed E-state index contributed by atoms with van der Waals surface area (Å²) in [6.07, 6.45) is 1.68. The van der Waals surface area contributed by atoms with Gasteiger partial charge in [0.2, 0.25) is 5.91 Å². The van der Waals surface area contributed by atoms with Gasteiger partial charge in [0.15, 0.2) is 0 Å². The molecule has 0 aliphatic carbocycles. The second-order valence-corrected chi connectivity index (χ2v) is 4.93. The Morgan fingerprint density at radius 3 is 2.60 bits per heavy atom. The third-order valence-corrected chi connectivity index (χ3v) is 3.18. The van der Waals surface area contributed by atoms with Gasteiger partial charge in [-0.2, -0.15) is 0 Å². The SMILES string of the molecule is CC(=O)Nc1cccc(C(C)N[C@H](C)c2ccco2)c1. The number of hydrogen-bond acceptors (Lipinski definition) is 3. The molecule has 0 saturated heterocycles. The van der Waals surface area contributed by atoms with Gasteiger partial charge in [-0.25, -0.2) is 0 Å². The zero-order valence-electron chi connectivity index (χ0n) is 12.0. The van der Waals surface area contributed by atoms with E-state index >= 15 is 0 Å². The molecule has 106 valence electrons. The number of rotatable bonds is 5. The van der Waals surface area contributed by atoms with Crippen molar-refractivity contribution in [3.8, 4) is 0 Å². The van der Waals surface area contributed by atoms with Crippen molar-refractivity contribution in [1.29, 1.82) is 0 Å². The van der Waals surface area contributed by atoms with Crippen molar-refractivity contribution in [3.63, 3.8) is 0 Å². The van der Waals surface area contributed by atoms with Gasteiger partial charge in [-0.15, -0.1) is 0 Å². The molecule has 0 aliphatic heterocycles. The van der Waals surface area contributed by atoms with Gasteiger partial charge in [0, 0.05) is 18.7 Å². The minimum absolute atomic E-state index is 0.0632. The van der Waals surface area contributed by atoms with Crippen LogP contribution < -0.4 is 10.6 Å². The van der Waals surface area contributed by atoms with Gasteiger partial charge < -0.3 is 15.1 Å². The van der Waals surface area contributed by atoms with Gasteiger partial charge in [-0.3, -0.25) is 4.79 Å². The molecule has 20 heavy (non-hydrogen) atoms. The Kier molecular flexibility index (Phi) is 4.58. The Labute approximate surface area is 119 Å². The second-order valence-electron chi connectivity index (χ2n) is 4.93. The fourth-order valence-corrected chi connectivity index (χ4v) is 2.18. The Morgan fingerprint density at radius 2 is 1.95 bits per heavy atom. The summed E-state index contributed by atoms with van der Waals surface area (Å²) in [5.41, 5.74) is 1.93. The average Bonchev–Trinajstić information content (AvgIpc) is 2.92. The lowest BCUT2D eigenvalue weighted by atomic mass is 10.1. The topological polar surface area (TPSA) is 54.3 Å². The molecule has 1 aromatic carbocycles. The lowest BCUT2D eigenvalue weighted by Crippen LogP contribution is -2.22. The molecule has 0 fully saturated rings. The van der Waals surface area contributed by atoms with E-state index in [9.17, 15) is 4.79 Å². The first-order valence-electron chi connectivity index (χ1n) is 6.73. The molecular weight excluding hydrogens is 252 g/mol. The van der Waals surface area contributed by atoms with Gasteiger partial charge in [-0.1, -0.05) is 12.1 Å². The van der Waals surface area contributed by atoms with Crippen LogP contribution in [0.1, 0.15) is 44.2 Å². The summed E-state index contributed by atoms with van der Waals surface area (Å²) in [4.78, 5) is 11.1. The van der Waals surface area contributed by atoms with Crippen LogP contribution in [-0.4, -0.2) is 5.91 Å². The van der Waals surface area contributed by atoms with Gasteiger partial charge in [0.1, 0.15) is 5.76 Å². The fourth-order valence-electron chi connectivity index (χ4n) is 2.18. The normalized spacial score (nSPS) is 13.8. The summed E-state index contributed by atoms with van der Waals surface area (Å²) in [6, 6.07) is 12.0. The average molecular weight is 272 g/mol. The predicted molar refractivity (Wildman–Crippen MR) is 79.4 cm³/mol. The fraction of sp³-hybridized carbons (Fsp3) is 0.312. The number of nitrogens with one attached hydrogen (secondary N) is 2. The highest BCUT2D eigenvalue weighted by Crippen LogP contribution is 2.21. The van der Waals surface area contributed by atoms with E-state index in [0.29, 0.717) is 0 Å². The highest BCUT2D eigenvalue weighted by molar-refractivity contribution is 5.88. The Bertz CT molecular complexity index is 564. The minimum atomic E-state index is -0.0632. The van der Waals surface area contributed by atoms with Crippen molar-refractivity contribution >= 4 is 11.6 Å². The summed E-state index contributed by atoms with van der Waals surface area (Å²) in [7, 11) is 0. The van der Waals surface area contributed by atoms with Crippen LogP contribution in [0, 0.1) is 0 Å². The van der Waals surface area contributed by atoms with E-state index in [0.717, 1.165) is 17.0 Å². The van der Waals surface area contributed by atoms with Crippen molar-refractivity contribution in [2.75, 3.05) is 5.32 Å². The number of amides is 1. The molecule has 0 radical (unpaired) electrons. The number of carbonyl (C=O) groups is 1. The van der Waals surface area contributed by atoms with E-state index in [-0.39, 0.29) is 18.0 Å². The smallest absolute Gasteiger partial charge is 0.221 e. The number of hydrogen-bond donors (Lipinski definition) is 2. The van der Waals surface area contributed by atoms with E-state index in [1.54, 1.807) is 6.26 Å². The summed E-state index contributed by atoms with van der Waals surface area (Å²) in [6.45, 7) is 5.66. The first-order valence-corrected chi connectivity index (χ1v) is 6.73. The monoisotopic (exact) mass is 272 g/mol. The third kappa shape index (κ3) is 3.71. The van der Waals surface area contributed by atoms with Crippen molar-refractivity contribution < 1.29 is 9.21 Å². The quantitative estimate of drug-likeness (QED) is 0.873. The molecule has 0 spiro atoms. The summed E-state index contributed by atoms with van der Waals surface area (Å²) >= 11 is 0. The summed E-state index contributed by atoms with van der Waals surface area (Å²) in [5, 5.41) is 6.27. The molecule has 1 aromatic heterocycles.